The number of hydrogen-bond acceptors (Lipinski definition) is 7. The Kier molecular flexibility index (Phi) is 8.11. The van der Waals surface area contributed by atoms with E-state index in [0.29, 0.717) is 54.8 Å². The maximum atomic E-state index is 15.0. The largest absolute Gasteiger partial charge is 0.453 e. The summed E-state index contributed by atoms with van der Waals surface area (Å²) in [5.74, 6) is -1.62. The molecule has 10 nitrogen and oxygen atoms in total. The average Bonchev–Trinajstić information content (AvgIpc) is 3.37. The fourth-order valence-electron chi connectivity index (χ4n) is 4.72. The van der Waals surface area contributed by atoms with Gasteiger partial charge in [0.15, 0.2) is 5.82 Å². The molecule has 4 aromatic rings. The van der Waals surface area contributed by atoms with Gasteiger partial charge < -0.3 is 25.2 Å². The molecular weight excluding hydrogens is 532 g/mol. The number of pyridine rings is 1. The molecule has 1 saturated heterocycles. The number of benzene rings is 2. The lowest BCUT2D eigenvalue weighted by Gasteiger charge is -2.35. The highest BCUT2D eigenvalue weighted by atomic mass is 19.1. The van der Waals surface area contributed by atoms with Crippen molar-refractivity contribution in [1.82, 2.24) is 25.4 Å². The lowest BCUT2D eigenvalue weighted by molar-refractivity contribution is 0.102. The molecule has 41 heavy (non-hydrogen) atoms. The summed E-state index contributed by atoms with van der Waals surface area (Å²) >= 11 is 0. The minimum atomic E-state index is -0.724. The summed E-state index contributed by atoms with van der Waals surface area (Å²) in [4.78, 5) is 32.7. The Morgan fingerprint density at radius 2 is 1.73 bits per heavy atom. The Balaban J connectivity index is 1.30. The van der Waals surface area contributed by atoms with Crippen LogP contribution in [0.1, 0.15) is 29.8 Å². The number of piperazine rings is 1. The SMILES string of the molecule is COC(=O)N1CCN(c2ccc(C(=O)Nc3n[nH]c4cnc(-c5c(F)cc(CNC(C)C)cc5F)cc34)cc2)CC1. The number of ether oxygens (including phenoxy) is 1. The van der Waals surface area contributed by atoms with E-state index in [4.69, 9.17) is 4.74 Å². The second-order valence-corrected chi connectivity index (χ2v) is 10.1. The number of carbonyl (C=O) groups excluding carboxylic acids is 2. The predicted molar refractivity (Wildman–Crippen MR) is 152 cm³/mol. The van der Waals surface area contributed by atoms with Crippen molar-refractivity contribution >= 4 is 34.4 Å². The molecule has 0 atom stereocenters. The van der Waals surface area contributed by atoms with E-state index in [1.165, 1.54) is 31.5 Å². The van der Waals surface area contributed by atoms with Crippen molar-refractivity contribution < 1.29 is 23.1 Å². The molecule has 0 bridgehead atoms. The lowest BCUT2D eigenvalue weighted by atomic mass is 10.1. The first kappa shape index (κ1) is 28.0. The van der Waals surface area contributed by atoms with Crippen LogP contribution in [-0.4, -0.2) is 71.4 Å². The van der Waals surface area contributed by atoms with Crippen molar-refractivity contribution in [3.05, 3.63) is 71.4 Å². The molecule has 3 N–H and O–H groups in total. The Morgan fingerprint density at radius 1 is 1.05 bits per heavy atom. The van der Waals surface area contributed by atoms with Crippen LogP contribution in [0, 0.1) is 11.6 Å². The molecule has 1 aliphatic rings. The summed E-state index contributed by atoms with van der Waals surface area (Å²) in [6.45, 7) is 6.63. The zero-order valence-electron chi connectivity index (χ0n) is 23.0. The second-order valence-electron chi connectivity index (χ2n) is 10.1. The number of rotatable bonds is 7. The number of amides is 2. The lowest BCUT2D eigenvalue weighted by Crippen LogP contribution is -2.48. The van der Waals surface area contributed by atoms with Crippen molar-refractivity contribution in [2.45, 2.75) is 26.4 Å². The van der Waals surface area contributed by atoms with Gasteiger partial charge in [0.05, 0.1) is 30.1 Å². The molecule has 0 radical (unpaired) electrons. The fraction of sp³-hybridized carbons (Fsp3) is 0.310. The molecule has 0 spiro atoms. The number of halogens is 2. The molecular formula is C29H31F2N7O3. The quantitative estimate of drug-likeness (QED) is 0.302. The van der Waals surface area contributed by atoms with E-state index in [2.05, 4.69) is 30.7 Å². The zero-order chi connectivity index (χ0) is 29.1. The summed E-state index contributed by atoms with van der Waals surface area (Å²) in [6.07, 6.45) is 1.09. The van der Waals surface area contributed by atoms with Gasteiger partial charge >= 0.3 is 6.09 Å². The monoisotopic (exact) mass is 563 g/mol. The van der Waals surface area contributed by atoms with Gasteiger partial charge in [0, 0.05) is 55.4 Å². The van der Waals surface area contributed by atoms with E-state index in [0.717, 1.165) is 5.69 Å². The average molecular weight is 564 g/mol. The molecule has 2 amide bonds. The van der Waals surface area contributed by atoms with Gasteiger partial charge in [-0.05, 0) is 48.0 Å². The molecule has 0 unspecified atom stereocenters. The summed E-state index contributed by atoms with van der Waals surface area (Å²) in [6, 6.07) is 11.4. The third kappa shape index (κ3) is 6.12. The Morgan fingerprint density at radius 3 is 2.37 bits per heavy atom. The maximum absolute atomic E-state index is 15.0. The molecule has 2 aromatic carbocycles. The van der Waals surface area contributed by atoms with E-state index < -0.39 is 17.5 Å². The van der Waals surface area contributed by atoms with E-state index in [-0.39, 0.29) is 29.2 Å². The highest BCUT2D eigenvalue weighted by Crippen LogP contribution is 2.30. The minimum Gasteiger partial charge on any atom is -0.453 e. The van der Waals surface area contributed by atoms with Crippen LogP contribution in [0.3, 0.4) is 0 Å². The third-order valence-electron chi connectivity index (χ3n) is 6.96. The first-order chi connectivity index (χ1) is 19.7. The number of nitrogens with one attached hydrogen (secondary N) is 3. The number of H-pyrrole nitrogens is 1. The number of anilines is 2. The van der Waals surface area contributed by atoms with Gasteiger partial charge in [-0.25, -0.2) is 13.6 Å². The van der Waals surface area contributed by atoms with Gasteiger partial charge in [0.25, 0.3) is 5.91 Å². The first-order valence-corrected chi connectivity index (χ1v) is 13.3. The van der Waals surface area contributed by atoms with E-state index in [1.54, 1.807) is 17.0 Å². The van der Waals surface area contributed by atoms with Crippen molar-refractivity contribution in [1.29, 1.82) is 0 Å². The highest BCUT2D eigenvalue weighted by molar-refractivity contribution is 6.08. The number of nitrogens with zero attached hydrogens (tertiary/aromatic N) is 4. The number of fused-ring (bicyclic) bond motifs is 1. The van der Waals surface area contributed by atoms with E-state index in [9.17, 15) is 18.4 Å². The Labute approximate surface area is 235 Å². The summed E-state index contributed by atoms with van der Waals surface area (Å²) in [7, 11) is 1.37. The molecule has 0 saturated carbocycles. The number of aromatic amines is 1. The molecule has 1 fully saturated rings. The van der Waals surface area contributed by atoms with Gasteiger partial charge in [-0.15, -0.1) is 0 Å². The summed E-state index contributed by atoms with van der Waals surface area (Å²) in [5, 5.41) is 13.3. The van der Waals surface area contributed by atoms with Gasteiger partial charge in [-0.1, -0.05) is 13.8 Å². The van der Waals surface area contributed by atoms with Crippen LogP contribution < -0.4 is 15.5 Å². The van der Waals surface area contributed by atoms with Gasteiger partial charge in [-0.3, -0.25) is 14.9 Å². The highest BCUT2D eigenvalue weighted by Gasteiger charge is 2.22. The molecule has 1 aliphatic heterocycles. The molecule has 2 aromatic heterocycles. The van der Waals surface area contributed by atoms with Crippen LogP contribution in [0.15, 0.2) is 48.7 Å². The minimum absolute atomic E-state index is 0.0874. The van der Waals surface area contributed by atoms with Crippen LogP contribution >= 0.6 is 0 Å². The van der Waals surface area contributed by atoms with E-state index >= 15 is 0 Å². The smallest absolute Gasteiger partial charge is 0.409 e. The maximum Gasteiger partial charge on any atom is 0.409 e. The second kappa shape index (κ2) is 11.9. The standard InChI is InChI=1S/C29H31F2N7O3/c1-17(2)32-15-18-12-22(30)26(23(31)13-18)24-14-21-25(16-33-24)35-36-27(21)34-28(39)19-4-6-20(7-5-19)37-8-10-38(11-9-37)29(40)41-3/h4-7,12-14,16-17,32H,8-11,15H2,1-3H3,(H2,34,35,36,39). The zero-order valence-corrected chi connectivity index (χ0v) is 23.0. The van der Waals surface area contributed by atoms with Gasteiger partial charge in [0.2, 0.25) is 0 Å². The Hall–Kier alpha value is -4.58. The normalized spacial score (nSPS) is 13.6. The third-order valence-corrected chi connectivity index (χ3v) is 6.96. The molecule has 0 aliphatic carbocycles. The molecule has 214 valence electrons. The number of carbonyl (C=O) groups is 2. The van der Waals surface area contributed by atoms with Crippen LogP contribution in [0.2, 0.25) is 0 Å². The van der Waals surface area contributed by atoms with Gasteiger partial charge in [0.1, 0.15) is 11.6 Å². The number of methoxy groups -OCH3 is 1. The van der Waals surface area contributed by atoms with Gasteiger partial charge in [-0.2, -0.15) is 5.10 Å². The van der Waals surface area contributed by atoms with Crippen molar-refractivity contribution in [3.8, 4) is 11.3 Å². The van der Waals surface area contributed by atoms with Crippen molar-refractivity contribution in [2.75, 3.05) is 43.5 Å². The molecule has 12 heteroatoms. The van der Waals surface area contributed by atoms with Crippen molar-refractivity contribution in [3.63, 3.8) is 0 Å². The predicted octanol–water partition coefficient (Wildman–Crippen LogP) is 4.54. The molecule has 5 rings (SSSR count). The summed E-state index contributed by atoms with van der Waals surface area (Å²) in [5.41, 5.74) is 2.18. The van der Waals surface area contributed by atoms with Crippen LogP contribution in [-0.2, 0) is 11.3 Å². The van der Waals surface area contributed by atoms with Crippen LogP contribution in [0.25, 0.3) is 22.2 Å². The molecule has 3 heterocycles. The first-order valence-electron chi connectivity index (χ1n) is 13.3. The summed E-state index contributed by atoms with van der Waals surface area (Å²) < 4.78 is 34.8. The van der Waals surface area contributed by atoms with E-state index in [1.807, 2.05) is 26.0 Å². The number of aromatic nitrogens is 3. The fourth-order valence-corrected chi connectivity index (χ4v) is 4.72. The van der Waals surface area contributed by atoms with Crippen molar-refractivity contribution in [2.24, 2.45) is 0 Å². The van der Waals surface area contributed by atoms with Crippen LogP contribution in [0.4, 0.5) is 25.1 Å². The van der Waals surface area contributed by atoms with Crippen LogP contribution in [0.5, 0.6) is 0 Å². The number of hydrogen-bond donors (Lipinski definition) is 3. The topological polar surface area (TPSA) is 115 Å². The Bertz CT molecular complexity index is 1540.